The fourth-order valence-electron chi connectivity index (χ4n) is 9.80. The second-order valence-electron chi connectivity index (χ2n) is 17.3. The van der Waals surface area contributed by atoms with E-state index in [1.165, 1.54) is 51.4 Å². The third-order valence-electron chi connectivity index (χ3n) is 13.7. The maximum absolute atomic E-state index is 13.2. The molecule has 6 saturated carbocycles. The summed E-state index contributed by atoms with van der Waals surface area (Å²) in [5.41, 5.74) is 0.979. The van der Waals surface area contributed by atoms with Crippen LogP contribution in [0.15, 0.2) is 0 Å². The van der Waals surface area contributed by atoms with E-state index in [9.17, 15) is 14.4 Å². The molecule has 42 heavy (non-hydrogen) atoms. The molecule has 6 aliphatic carbocycles. The van der Waals surface area contributed by atoms with Crippen LogP contribution in [0.5, 0.6) is 0 Å². The molecule has 0 amide bonds. The van der Waals surface area contributed by atoms with Crippen molar-refractivity contribution in [2.75, 3.05) is 0 Å². The van der Waals surface area contributed by atoms with Gasteiger partial charge in [-0.25, -0.2) is 0 Å². The molecule has 1 aliphatic heterocycles. The molecule has 7 fully saturated rings. The van der Waals surface area contributed by atoms with E-state index >= 15 is 0 Å². The van der Waals surface area contributed by atoms with Crippen molar-refractivity contribution in [3.05, 3.63) is 0 Å². The van der Waals surface area contributed by atoms with Crippen molar-refractivity contribution in [2.24, 2.45) is 64.6 Å². The van der Waals surface area contributed by atoms with E-state index in [0.29, 0.717) is 11.8 Å². The van der Waals surface area contributed by atoms with Gasteiger partial charge < -0.3 is 9.47 Å². The van der Waals surface area contributed by atoms with Gasteiger partial charge >= 0.3 is 17.9 Å². The van der Waals surface area contributed by atoms with Crippen molar-refractivity contribution in [1.82, 2.24) is 0 Å². The fourth-order valence-corrected chi connectivity index (χ4v) is 11.0. The summed E-state index contributed by atoms with van der Waals surface area (Å²) in [6.45, 7) is 24.6. The Bertz CT molecular complexity index is 955. The van der Waals surface area contributed by atoms with Gasteiger partial charge in [-0.1, -0.05) is 67.6 Å². The monoisotopic (exact) mass is 602 g/mol. The number of cyclic esters (lactones) is 2. The number of carbonyl (C=O) groups is 3. The highest BCUT2D eigenvalue weighted by Gasteiger charge is 2.60. The first kappa shape index (κ1) is 33.7. The van der Waals surface area contributed by atoms with Crippen LogP contribution in [0.2, 0.25) is 25.2 Å². The summed E-state index contributed by atoms with van der Waals surface area (Å²) in [6.07, 6.45) is 12.0. The van der Waals surface area contributed by atoms with E-state index in [2.05, 4.69) is 65.9 Å². The average molecular weight is 603 g/mol. The van der Waals surface area contributed by atoms with E-state index in [4.69, 9.17) is 4.74 Å². The van der Waals surface area contributed by atoms with Crippen molar-refractivity contribution in [3.8, 4) is 0 Å². The summed E-state index contributed by atoms with van der Waals surface area (Å²) in [6, 6.07) is 0. The van der Waals surface area contributed by atoms with Gasteiger partial charge in [0.2, 0.25) is 0 Å². The second-order valence-corrected chi connectivity index (χ2v) is 23.1. The second kappa shape index (κ2) is 12.3. The van der Waals surface area contributed by atoms with Crippen molar-refractivity contribution in [1.29, 1.82) is 0 Å². The van der Waals surface area contributed by atoms with Crippen LogP contribution < -0.4 is 0 Å². The van der Waals surface area contributed by atoms with Gasteiger partial charge in [-0.05, 0) is 112 Å². The van der Waals surface area contributed by atoms with Gasteiger partial charge in [-0.2, -0.15) is 0 Å². The van der Waals surface area contributed by atoms with Crippen molar-refractivity contribution in [3.63, 3.8) is 0 Å². The minimum absolute atomic E-state index is 0.145. The minimum Gasteiger partial charge on any atom is -0.459 e. The lowest BCUT2D eigenvalue weighted by Crippen LogP contribution is -2.57. The van der Waals surface area contributed by atoms with Crippen LogP contribution in [0.1, 0.15) is 113 Å². The highest BCUT2D eigenvalue weighted by Crippen LogP contribution is 2.64. The molecule has 0 radical (unpaired) electrons. The first-order chi connectivity index (χ1) is 19.4. The van der Waals surface area contributed by atoms with E-state index in [1.54, 1.807) is 13.8 Å². The van der Waals surface area contributed by atoms with Crippen LogP contribution in [0.4, 0.5) is 0 Å². The van der Waals surface area contributed by atoms with Gasteiger partial charge in [0.25, 0.3) is 0 Å². The Kier molecular flexibility index (Phi) is 9.88. The topological polar surface area (TPSA) is 69.7 Å². The highest BCUT2D eigenvalue weighted by molar-refractivity contribution is 6.77. The standard InChI is InChI=1S/C23H36O2.C7H18Si.C6H8O3/c1-13-14(2)19-8-18(13)9-20(19)21(24)25-22(3,4)23-10-15-5-16(11-23)7-17(6-15)12-23;1-6-7(2)8(3,4)5;1-3-4(2)6(8)9-5(3)7/h13-20H,5-12H2,1-4H3;7H,6H2,1-5H3;3-4H,1-2H3. The Labute approximate surface area is 258 Å². The lowest BCUT2D eigenvalue weighted by molar-refractivity contribution is -0.204. The van der Waals surface area contributed by atoms with Crippen molar-refractivity contribution in [2.45, 2.75) is 144 Å². The van der Waals surface area contributed by atoms with Gasteiger partial charge in [0.15, 0.2) is 0 Å². The molecule has 6 heteroatoms. The predicted octanol–water partition coefficient (Wildman–Crippen LogP) is 8.92. The summed E-state index contributed by atoms with van der Waals surface area (Å²) < 4.78 is 10.7. The zero-order valence-electron chi connectivity index (χ0n) is 28.8. The summed E-state index contributed by atoms with van der Waals surface area (Å²) in [5, 5.41) is 0. The zero-order valence-corrected chi connectivity index (χ0v) is 29.8. The molecule has 0 spiro atoms. The molecule has 8 atom stereocenters. The predicted molar refractivity (Wildman–Crippen MR) is 171 cm³/mol. The first-order valence-corrected chi connectivity index (χ1v) is 20.9. The Morgan fingerprint density at radius 2 is 1.36 bits per heavy atom. The average Bonchev–Trinajstić information content (AvgIpc) is 3.52. The quantitative estimate of drug-likeness (QED) is 0.178. The summed E-state index contributed by atoms with van der Waals surface area (Å²) in [7, 11) is -0.761. The van der Waals surface area contributed by atoms with Gasteiger partial charge in [0.1, 0.15) is 5.60 Å². The van der Waals surface area contributed by atoms with E-state index in [0.717, 1.165) is 41.6 Å². The molecule has 1 saturated heterocycles. The largest absolute Gasteiger partial charge is 0.459 e. The number of hydrogen-bond donors (Lipinski definition) is 0. The van der Waals surface area contributed by atoms with Gasteiger partial charge in [0.05, 0.1) is 17.8 Å². The van der Waals surface area contributed by atoms with Crippen LogP contribution in [-0.4, -0.2) is 31.6 Å². The number of esters is 3. The first-order valence-electron chi connectivity index (χ1n) is 17.4. The molecule has 0 aromatic rings. The van der Waals surface area contributed by atoms with Crippen LogP contribution in [0, 0.1) is 64.6 Å². The SMILES string of the molecule is CC1C(=O)OC(=O)C1C.CC1C2CC(C(=O)OC(C)(C)C34CC5CC(CC(C5)C3)C4)C(C2)C1C.CCC(C)[Si](C)(C)C. The van der Waals surface area contributed by atoms with Crippen molar-refractivity contribution < 1.29 is 23.9 Å². The molecule has 7 aliphatic rings. The van der Waals surface area contributed by atoms with E-state index in [-0.39, 0.29) is 34.7 Å². The van der Waals surface area contributed by atoms with Crippen LogP contribution in [0.3, 0.4) is 0 Å². The number of rotatable bonds is 5. The summed E-state index contributed by atoms with van der Waals surface area (Å²) in [5.74, 6) is 4.60. The van der Waals surface area contributed by atoms with E-state index < -0.39 is 20.0 Å². The number of fused-ring (bicyclic) bond motifs is 2. The molecule has 240 valence electrons. The van der Waals surface area contributed by atoms with Crippen LogP contribution in [-0.2, 0) is 23.9 Å². The molecule has 0 aromatic carbocycles. The van der Waals surface area contributed by atoms with Crippen LogP contribution >= 0.6 is 0 Å². The maximum atomic E-state index is 13.2. The Morgan fingerprint density at radius 3 is 1.67 bits per heavy atom. The van der Waals surface area contributed by atoms with Gasteiger partial charge in [-0.3, -0.25) is 14.4 Å². The highest BCUT2D eigenvalue weighted by atomic mass is 28.3. The van der Waals surface area contributed by atoms with Crippen molar-refractivity contribution >= 4 is 26.0 Å². The van der Waals surface area contributed by atoms with Gasteiger partial charge in [0, 0.05) is 13.5 Å². The smallest absolute Gasteiger partial charge is 0.317 e. The normalized spacial score (nSPS) is 42.4. The Hall–Kier alpha value is -1.17. The third-order valence-corrected chi connectivity index (χ3v) is 17.0. The molecule has 7 rings (SSSR count). The number of hydrogen-bond acceptors (Lipinski definition) is 5. The fraction of sp³-hybridized carbons (Fsp3) is 0.917. The van der Waals surface area contributed by atoms with E-state index in [1.807, 2.05) is 0 Å². The van der Waals surface area contributed by atoms with Crippen LogP contribution in [0.25, 0.3) is 0 Å². The zero-order chi connectivity index (χ0) is 31.4. The number of ether oxygens (including phenoxy) is 2. The molecule has 1 heterocycles. The molecule has 0 aromatic heterocycles. The molecular formula is C36H62O5Si. The molecule has 0 N–H and O–H groups in total. The molecule has 6 bridgehead atoms. The number of carbonyl (C=O) groups excluding carboxylic acids is 3. The third kappa shape index (κ3) is 6.59. The summed E-state index contributed by atoms with van der Waals surface area (Å²) in [4.78, 5) is 34.3. The Morgan fingerprint density at radius 1 is 0.881 bits per heavy atom. The Balaban J connectivity index is 0.000000197. The maximum Gasteiger partial charge on any atom is 0.317 e. The lowest BCUT2D eigenvalue weighted by atomic mass is 9.46. The van der Waals surface area contributed by atoms with Gasteiger partial charge in [-0.15, -0.1) is 0 Å². The molecule has 5 nitrogen and oxygen atoms in total. The molecule has 8 unspecified atom stereocenters. The minimum atomic E-state index is -0.761. The lowest BCUT2D eigenvalue weighted by Gasteiger charge is -2.61. The summed E-state index contributed by atoms with van der Waals surface area (Å²) >= 11 is 0. The molecular weight excluding hydrogens is 540 g/mol.